The number of anilines is 1. The van der Waals surface area contributed by atoms with Crippen LogP contribution in [0.2, 0.25) is 0 Å². The molecule has 4 nitrogen and oxygen atoms in total. The van der Waals surface area contributed by atoms with Gasteiger partial charge in [0, 0.05) is 30.4 Å². The zero-order valence-corrected chi connectivity index (χ0v) is 24.1. The van der Waals surface area contributed by atoms with Gasteiger partial charge in [-0.3, -0.25) is 4.90 Å². The fourth-order valence-electron chi connectivity index (χ4n) is 6.13. The average Bonchev–Trinajstić information content (AvgIpc) is 3.39. The predicted octanol–water partition coefficient (Wildman–Crippen LogP) is 7.77. The Balaban J connectivity index is 1.21. The van der Waals surface area contributed by atoms with E-state index >= 15 is 0 Å². The molecule has 1 atom stereocenters. The van der Waals surface area contributed by atoms with E-state index in [1.807, 2.05) is 0 Å². The summed E-state index contributed by atoms with van der Waals surface area (Å²) in [7, 11) is 1.74. The van der Waals surface area contributed by atoms with Crippen LogP contribution in [-0.2, 0) is 19.4 Å². The normalized spacial score (nSPS) is 17.4. The van der Waals surface area contributed by atoms with Gasteiger partial charge in [0.1, 0.15) is 18.1 Å². The number of para-hydroxylation sites is 1. The highest BCUT2D eigenvalue weighted by Gasteiger charge is 2.27. The second-order valence-corrected chi connectivity index (χ2v) is 11.6. The zero-order chi connectivity index (χ0) is 27.2. The molecule has 0 unspecified atom stereocenters. The molecule has 4 heteroatoms. The molecule has 0 radical (unpaired) electrons. The average molecular weight is 525 g/mol. The van der Waals surface area contributed by atoms with Crippen molar-refractivity contribution in [3.8, 4) is 11.5 Å². The Morgan fingerprint density at radius 3 is 2.64 bits per heavy atom. The van der Waals surface area contributed by atoms with Gasteiger partial charge in [-0.15, -0.1) is 0 Å². The van der Waals surface area contributed by atoms with Crippen molar-refractivity contribution in [2.75, 3.05) is 32.1 Å². The summed E-state index contributed by atoms with van der Waals surface area (Å²) in [6.45, 7) is 10.6. The smallest absolute Gasteiger partial charge is 0.125 e. The molecule has 1 saturated heterocycles. The van der Waals surface area contributed by atoms with Gasteiger partial charge in [-0.25, -0.2) is 0 Å². The Morgan fingerprint density at radius 2 is 1.85 bits per heavy atom. The lowest BCUT2D eigenvalue weighted by molar-refractivity contribution is 0.282. The molecule has 5 rings (SSSR count). The van der Waals surface area contributed by atoms with E-state index < -0.39 is 0 Å². The van der Waals surface area contributed by atoms with Crippen LogP contribution in [0, 0.1) is 5.92 Å². The fraction of sp³-hybridized carbons (Fsp3) is 0.429. The molecule has 206 valence electrons. The van der Waals surface area contributed by atoms with Gasteiger partial charge in [0.2, 0.25) is 0 Å². The Bertz CT molecular complexity index is 1280. The number of likely N-dealkylation sites (tertiary alicyclic amines) is 1. The van der Waals surface area contributed by atoms with Crippen LogP contribution in [0.3, 0.4) is 0 Å². The van der Waals surface area contributed by atoms with Crippen LogP contribution in [-0.4, -0.2) is 37.7 Å². The third kappa shape index (κ3) is 6.86. The second-order valence-electron chi connectivity index (χ2n) is 11.6. The maximum absolute atomic E-state index is 6.26. The third-order valence-corrected chi connectivity index (χ3v) is 8.31. The standard InChI is InChI=1S/C35H44N2O2/c1-25(2)19-27-12-13-30(35(20-27)38-4)24-39-33-16-17-34-26(3)29(15-14-28(34)21-33)23-37-18-8-11-32(37)22-36-31-9-6-5-7-10-31/h5-7,9-10,12-13,16-17,20-21,25,32,36H,8,11,14-15,18-19,22-24H2,1-4H3/t32-/m0/s1. The lowest BCUT2D eigenvalue weighted by Crippen LogP contribution is -2.36. The number of nitrogens with one attached hydrogen (secondary N) is 1. The van der Waals surface area contributed by atoms with E-state index in [1.165, 1.54) is 47.3 Å². The second kappa shape index (κ2) is 12.7. The van der Waals surface area contributed by atoms with E-state index in [-0.39, 0.29) is 0 Å². The molecular weight excluding hydrogens is 480 g/mol. The molecule has 0 aromatic heterocycles. The molecule has 0 amide bonds. The number of allylic oxidation sites excluding steroid dienone is 1. The van der Waals surface area contributed by atoms with Crippen molar-refractivity contribution >= 4 is 11.3 Å². The molecule has 1 aliphatic carbocycles. The highest BCUT2D eigenvalue weighted by atomic mass is 16.5. The van der Waals surface area contributed by atoms with Crippen LogP contribution in [0.15, 0.2) is 72.3 Å². The van der Waals surface area contributed by atoms with Gasteiger partial charge in [0.05, 0.1) is 7.11 Å². The van der Waals surface area contributed by atoms with Crippen molar-refractivity contribution in [3.05, 3.63) is 94.6 Å². The van der Waals surface area contributed by atoms with Gasteiger partial charge < -0.3 is 14.8 Å². The van der Waals surface area contributed by atoms with E-state index in [2.05, 4.69) is 97.7 Å². The summed E-state index contributed by atoms with van der Waals surface area (Å²) >= 11 is 0. The minimum atomic E-state index is 0.511. The van der Waals surface area contributed by atoms with E-state index in [4.69, 9.17) is 9.47 Å². The lowest BCUT2D eigenvalue weighted by Gasteiger charge is -2.29. The van der Waals surface area contributed by atoms with Crippen LogP contribution in [0.4, 0.5) is 5.69 Å². The Kier molecular flexibility index (Phi) is 8.93. The summed E-state index contributed by atoms with van der Waals surface area (Å²) in [6, 6.07) is 24.3. The van der Waals surface area contributed by atoms with Gasteiger partial charge in [-0.2, -0.15) is 0 Å². The van der Waals surface area contributed by atoms with Crippen LogP contribution in [0.25, 0.3) is 5.57 Å². The summed E-state index contributed by atoms with van der Waals surface area (Å²) in [5.74, 6) is 2.47. The van der Waals surface area contributed by atoms with Gasteiger partial charge in [0.25, 0.3) is 0 Å². The van der Waals surface area contributed by atoms with Crippen LogP contribution in [0.5, 0.6) is 11.5 Å². The highest BCUT2D eigenvalue weighted by Crippen LogP contribution is 2.35. The van der Waals surface area contributed by atoms with Crippen molar-refractivity contribution in [3.63, 3.8) is 0 Å². The van der Waals surface area contributed by atoms with Gasteiger partial charge in [0.15, 0.2) is 0 Å². The number of methoxy groups -OCH3 is 1. The molecule has 0 bridgehead atoms. The first-order chi connectivity index (χ1) is 19.0. The number of rotatable bonds is 11. The summed E-state index contributed by atoms with van der Waals surface area (Å²) in [4.78, 5) is 2.69. The summed E-state index contributed by atoms with van der Waals surface area (Å²) in [5, 5.41) is 3.65. The summed E-state index contributed by atoms with van der Waals surface area (Å²) in [5.41, 5.74) is 9.44. The largest absolute Gasteiger partial charge is 0.496 e. The number of fused-ring (bicyclic) bond motifs is 1. The minimum Gasteiger partial charge on any atom is -0.496 e. The van der Waals surface area contributed by atoms with E-state index in [9.17, 15) is 0 Å². The molecular formula is C35H44N2O2. The Morgan fingerprint density at radius 1 is 1.00 bits per heavy atom. The molecule has 1 fully saturated rings. The first-order valence-corrected chi connectivity index (χ1v) is 14.6. The minimum absolute atomic E-state index is 0.511. The third-order valence-electron chi connectivity index (χ3n) is 8.31. The lowest BCUT2D eigenvalue weighted by atomic mass is 9.86. The topological polar surface area (TPSA) is 33.7 Å². The first-order valence-electron chi connectivity index (χ1n) is 14.6. The molecule has 0 spiro atoms. The number of hydrogen-bond donors (Lipinski definition) is 1. The van der Waals surface area contributed by atoms with Crippen molar-refractivity contribution in [1.29, 1.82) is 0 Å². The molecule has 0 saturated carbocycles. The number of hydrogen-bond acceptors (Lipinski definition) is 4. The predicted molar refractivity (Wildman–Crippen MR) is 163 cm³/mol. The van der Waals surface area contributed by atoms with E-state index in [1.54, 1.807) is 12.7 Å². The quantitative estimate of drug-likeness (QED) is 0.278. The maximum atomic E-state index is 6.26. The fourth-order valence-corrected chi connectivity index (χ4v) is 6.13. The molecule has 1 heterocycles. The SMILES string of the molecule is COc1cc(CC(C)C)ccc1COc1ccc2c(c1)CCC(CN1CCC[C@H]1CNc1ccccc1)=C2C. The van der Waals surface area contributed by atoms with Crippen LogP contribution in [0.1, 0.15) is 62.3 Å². The zero-order valence-electron chi connectivity index (χ0n) is 24.1. The summed E-state index contributed by atoms with van der Waals surface area (Å²) < 4.78 is 11.9. The first kappa shape index (κ1) is 27.3. The summed E-state index contributed by atoms with van der Waals surface area (Å²) in [6.07, 6.45) is 5.82. The monoisotopic (exact) mass is 524 g/mol. The van der Waals surface area contributed by atoms with E-state index in [0.717, 1.165) is 49.4 Å². The molecule has 2 aliphatic rings. The molecule has 3 aromatic carbocycles. The maximum Gasteiger partial charge on any atom is 0.125 e. The van der Waals surface area contributed by atoms with Gasteiger partial charge in [-0.05, 0) is 104 Å². The Labute approximate surface area is 235 Å². The number of benzene rings is 3. The molecule has 39 heavy (non-hydrogen) atoms. The van der Waals surface area contributed by atoms with Crippen molar-refractivity contribution < 1.29 is 9.47 Å². The molecule has 3 aromatic rings. The number of ether oxygens (including phenoxy) is 2. The van der Waals surface area contributed by atoms with Crippen molar-refractivity contribution in [2.24, 2.45) is 5.92 Å². The van der Waals surface area contributed by atoms with Crippen molar-refractivity contribution in [1.82, 2.24) is 4.90 Å². The van der Waals surface area contributed by atoms with Crippen molar-refractivity contribution in [2.45, 2.75) is 65.5 Å². The van der Waals surface area contributed by atoms with Gasteiger partial charge >= 0.3 is 0 Å². The van der Waals surface area contributed by atoms with Crippen LogP contribution >= 0.6 is 0 Å². The molecule has 1 N–H and O–H groups in total. The number of aryl methyl sites for hydroxylation is 1. The highest BCUT2D eigenvalue weighted by molar-refractivity contribution is 5.72. The van der Waals surface area contributed by atoms with E-state index in [0.29, 0.717) is 18.6 Å². The molecule has 1 aliphatic heterocycles. The Hall–Kier alpha value is -3.24. The van der Waals surface area contributed by atoms with Crippen LogP contribution < -0.4 is 14.8 Å². The van der Waals surface area contributed by atoms with Gasteiger partial charge in [-0.1, -0.05) is 55.8 Å². The number of nitrogens with zero attached hydrogens (tertiary/aromatic N) is 1.